The van der Waals surface area contributed by atoms with Crippen molar-refractivity contribution >= 4 is 94.9 Å². The number of nitrogens with one attached hydrogen (secondary N) is 3. The van der Waals surface area contributed by atoms with E-state index in [2.05, 4.69) is 84.6 Å². The number of carbonyl (C=O) groups excluding carboxylic acids is 3. The summed E-state index contributed by atoms with van der Waals surface area (Å²) in [6.45, 7) is -6.61. The second-order valence-electron chi connectivity index (χ2n) is 12.8. The van der Waals surface area contributed by atoms with Crippen LogP contribution in [-0.2, 0) is 22.3 Å². The van der Waals surface area contributed by atoms with E-state index in [0.717, 1.165) is 49.6 Å². The number of H-pyrrole nitrogens is 2. The number of aromatic nitrogens is 2. The number of halogens is 10. The predicted octanol–water partition coefficient (Wildman–Crippen LogP) is 12.9. The van der Waals surface area contributed by atoms with E-state index in [0.29, 0.717) is 30.4 Å². The molecule has 0 radical (unpaired) electrons. The van der Waals surface area contributed by atoms with E-state index in [4.69, 9.17) is 16.5 Å². The Morgan fingerprint density at radius 1 is 0.828 bits per heavy atom. The van der Waals surface area contributed by atoms with Gasteiger partial charge in [-0.3, -0.25) is 9.69 Å². The van der Waals surface area contributed by atoms with Gasteiger partial charge < -0.3 is 28.9 Å². The molecule has 1 unspecified atom stereocenters. The Labute approximate surface area is 391 Å². The number of nitrogens with zero attached hydrogens (tertiary/aromatic N) is 1. The molecule has 4 aromatic carbocycles. The first-order chi connectivity index (χ1) is 30.3. The van der Waals surface area contributed by atoms with Crippen molar-refractivity contribution in [3.8, 4) is 11.5 Å². The second kappa shape index (κ2) is 27.4. The van der Waals surface area contributed by atoms with Crippen molar-refractivity contribution in [1.29, 1.82) is 0 Å². The Morgan fingerprint density at radius 2 is 1.39 bits per heavy atom. The van der Waals surface area contributed by atoms with Crippen molar-refractivity contribution in [1.82, 2.24) is 19.7 Å². The van der Waals surface area contributed by atoms with Gasteiger partial charge in [-0.15, -0.1) is 0 Å². The Balaban J connectivity index is 0.000000265. The zero-order valence-corrected chi connectivity index (χ0v) is 37.4. The van der Waals surface area contributed by atoms with Gasteiger partial charge in [-0.25, -0.2) is 23.2 Å². The zero-order valence-electron chi connectivity index (χ0n) is 32.7. The Hall–Kier alpha value is -4.95. The lowest BCUT2D eigenvalue weighted by Crippen LogP contribution is -2.41. The maximum absolute atomic E-state index is 12.6. The molecular weight excluding hydrogens is 1030 g/mol. The number of fused-ring (bicyclic) bond motifs is 4. The third-order valence-corrected chi connectivity index (χ3v) is 10.1. The summed E-state index contributed by atoms with van der Waals surface area (Å²) in [6.07, 6.45) is 3.57. The largest absolute Gasteiger partial charge is 0.451 e. The number of aromatic amines is 2. The fourth-order valence-electron chi connectivity index (χ4n) is 6.25. The molecule has 1 amide bonds. The van der Waals surface area contributed by atoms with Gasteiger partial charge in [-0.2, -0.15) is 17.6 Å². The fraction of sp³-hybridized carbons (Fsp3) is 0.279. The smallest absolute Gasteiger partial charge is 0.410 e. The van der Waals surface area contributed by atoms with Crippen molar-refractivity contribution in [3.05, 3.63) is 128 Å². The summed E-state index contributed by atoms with van der Waals surface area (Å²) in [5.74, 6) is 0.0764. The van der Waals surface area contributed by atoms with Crippen LogP contribution in [-0.4, -0.2) is 85.6 Å². The zero-order chi connectivity index (χ0) is 45.9. The van der Waals surface area contributed by atoms with Crippen LogP contribution in [0.5, 0.6) is 11.5 Å². The summed E-state index contributed by atoms with van der Waals surface area (Å²) in [5.41, 5.74) is 5.41. The molecule has 11 nitrogen and oxygen atoms in total. The molecule has 1 aliphatic heterocycles. The SMILES string of the molecule is C.ClNCCc1c[nH]c2cc(Br)ccc12.O=C(Cl)OCCF.O=C(OCCF)N1CCc2c([nH]c3cc(Br)ccc23)C1c1ccc(OC(F)F)cc1.O=Cc1ccc(OC(F)F)cc1. The highest BCUT2D eigenvalue weighted by Crippen LogP contribution is 2.40. The maximum Gasteiger partial charge on any atom is 0.410 e. The molecule has 0 saturated carbocycles. The van der Waals surface area contributed by atoms with Gasteiger partial charge in [0.25, 0.3) is 0 Å². The molecule has 0 spiro atoms. The minimum absolute atomic E-state index is 0. The normalized spacial score (nSPS) is 12.7. The van der Waals surface area contributed by atoms with E-state index in [-0.39, 0.29) is 32.1 Å². The topological polar surface area (TPSA) is 135 Å². The first kappa shape index (κ1) is 53.4. The lowest BCUT2D eigenvalue weighted by molar-refractivity contribution is -0.0505. The molecule has 6 aromatic rings. The van der Waals surface area contributed by atoms with Crippen molar-refractivity contribution in [2.45, 2.75) is 39.5 Å². The number of hydrogen-bond acceptors (Lipinski definition) is 8. The molecule has 21 heteroatoms. The van der Waals surface area contributed by atoms with Crippen LogP contribution in [0.2, 0.25) is 0 Å². The number of alkyl halides is 6. The average Bonchev–Trinajstić information content (AvgIpc) is 3.84. The molecule has 1 atom stereocenters. The molecule has 2 aromatic heterocycles. The molecule has 1 aliphatic rings. The highest BCUT2D eigenvalue weighted by molar-refractivity contribution is 9.10. The number of amides is 1. The van der Waals surface area contributed by atoms with E-state index in [9.17, 15) is 40.7 Å². The van der Waals surface area contributed by atoms with Crippen LogP contribution in [0.1, 0.15) is 46.2 Å². The van der Waals surface area contributed by atoms with E-state index in [1.807, 2.05) is 30.5 Å². The summed E-state index contributed by atoms with van der Waals surface area (Å²) in [6, 6.07) is 23.2. The number of aldehydes is 1. The average molecular weight is 1070 g/mol. The summed E-state index contributed by atoms with van der Waals surface area (Å²) < 4.78 is 91.2. The van der Waals surface area contributed by atoms with Crippen LogP contribution < -0.4 is 14.3 Å². The quantitative estimate of drug-likeness (QED) is 0.0450. The lowest BCUT2D eigenvalue weighted by atomic mass is 9.92. The molecule has 0 aliphatic carbocycles. The summed E-state index contributed by atoms with van der Waals surface area (Å²) in [5, 5.41) is 2.31. The highest BCUT2D eigenvalue weighted by Gasteiger charge is 2.35. The van der Waals surface area contributed by atoms with Crippen LogP contribution in [0.15, 0.2) is 100 Å². The molecule has 346 valence electrons. The molecule has 3 heterocycles. The lowest BCUT2D eigenvalue weighted by Gasteiger charge is -2.35. The van der Waals surface area contributed by atoms with Gasteiger partial charge in [0.05, 0.1) is 0 Å². The number of rotatable bonds is 13. The molecule has 64 heavy (non-hydrogen) atoms. The molecule has 0 bridgehead atoms. The number of ether oxygens (including phenoxy) is 4. The Bertz CT molecular complexity index is 2380. The van der Waals surface area contributed by atoms with Crippen LogP contribution in [0.25, 0.3) is 21.8 Å². The fourth-order valence-corrected chi connectivity index (χ4v) is 7.14. The molecule has 0 saturated heterocycles. The van der Waals surface area contributed by atoms with Gasteiger partial charge in [0.2, 0.25) is 0 Å². The third-order valence-electron chi connectivity index (χ3n) is 8.80. The van der Waals surface area contributed by atoms with Crippen molar-refractivity contribution in [2.24, 2.45) is 0 Å². The second-order valence-corrected chi connectivity index (χ2v) is 15.2. The number of carbonyl (C=O) groups is 3. The van der Waals surface area contributed by atoms with Gasteiger partial charge in [-0.1, -0.05) is 63.6 Å². The standard InChI is InChI=1S/C21H18BrF3N2O3.C10H10BrClN2.C8H6F2O2.C3H4ClFO2.CH4/c22-13-3-6-15-16-7-9-27(21(28)29-10-8-23)19(18(16)26-17(15)11-13)12-1-4-14(5-2-12)30-20(24)25;11-8-1-2-9-7(3-4-14-12)6-13-10(9)5-8;9-8(10)12-7-3-1-6(5-11)2-4-7;4-3(6)7-2-1-5;/h1-6,11,19-20,26H,7-10H2;1-2,5-6,13-14H,3-4H2;1-5,8H;1-2H2;1H4. The van der Waals surface area contributed by atoms with Crippen LogP contribution in [0, 0.1) is 0 Å². The summed E-state index contributed by atoms with van der Waals surface area (Å²) >= 11 is 17.0. The van der Waals surface area contributed by atoms with Crippen LogP contribution in [0.4, 0.5) is 35.9 Å². The Kier molecular flexibility index (Phi) is 22.9. The van der Waals surface area contributed by atoms with E-state index in [1.54, 1.807) is 12.1 Å². The monoisotopic (exact) mass is 1070 g/mol. The van der Waals surface area contributed by atoms with Gasteiger partial charge in [0.15, 0.2) is 0 Å². The van der Waals surface area contributed by atoms with Crippen LogP contribution in [0.3, 0.4) is 0 Å². The first-order valence-corrected chi connectivity index (χ1v) is 20.9. The highest BCUT2D eigenvalue weighted by atomic mass is 79.9. The molecular formula is C43H42Br2Cl2F6N4O7. The van der Waals surface area contributed by atoms with Crippen LogP contribution >= 0.6 is 55.2 Å². The number of benzene rings is 4. The number of hydrogen-bond donors (Lipinski definition) is 3. The summed E-state index contributed by atoms with van der Waals surface area (Å²) in [7, 11) is 0. The van der Waals surface area contributed by atoms with Crippen molar-refractivity contribution in [2.75, 3.05) is 39.7 Å². The van der Waals surface area contributed by atoms with E-state index < -0.39 is 44.1 Å². The third kappa shape index (κ3) is 16.2. The van der Waals surface area contributed by atoms with Gasteiger partial charge in [0.1, 0.15) is 50.4 Å². The summed E-state index contributed by atoms with van der Waals surface area (Å²) in [4.78, 5) is 43.1. The maximum atomic E-state index is 12.6. The minimum atomic E-state index is -2.92. The predicted molar refractivity (Wildman–Crippen MR) is 241 cm³/mol. The van der Waals surface area contributed by atoms with Gasteiger partial charge >= 0.3 is 24.7 Å². The first-order valence-electron chi connectivity index (χ1n) is 18.6. The molecule has 3 N–H and O–H groups in total. The van der Waals surface area contributed by atoms with E-state index in [1.165, 1.54) is 52.2 Å². The minimum Gasteiger partial charge on any atom is -0.451 e. The molecule has 0 fully saturated rings. The van der Waals surface area contributed by atoms with Crippen molar-refractivity contribution < 1.29 is 59.7 Å². The Morgan fingerprint density at radius 3 is 1.92 bits per heavy atom. The molecule has 7 rings (SSSR count). The van der Waals surface area contributed by atoms with Crippen molar-refractivity contribution in [3.63, 3.8) is 0 Å². The van der Waals surface area contributed by atoms with Gasteiger partial charge in [0, 0.05) is 72.9 Å². The van der Waals surface area contributed by atoms with Gasteiger partial charge in [-0.05, 0) is 102 Å². The van der Waals surface area contributed by atoms with E-state index >= 15 is 0 Å².